The lowest BCUT2D eigenvalue weighted by Gasteiger charge is -2.15. The maximum atomic E-state index is 12.8. The third-order valence-corrected chi connectivity index (χ3v) is 5.89. The summed E-state index contributed by atoms with van der Waals surface area (Å²) in [6.07, 6.45) is 1.56. The van der Waals surface area contributed by atoms with Gasteiger partial charge >= 0.3 is 0 Å². The predicted octanol–water partition coefficient (Wildman–Crippen LogP) is 6.43. The quantitative estimate of drug-likeness (QED) is 0.199. The first-order valence-corrected chi connectivity index (χ1v) is 11.6. The van der Waals surface area contributed by atoms with Gasteiger partial charge in [-0.1, -0.05) is 42.5 Å². The summed E-state index contributed by atoms with van der Waals surface area (Å²) in [6.45, 7) is 6.68. The van der Waals surface area contributed by atoms with E-state index in [4.69, 9.17) is 9.47 Å². The summed E-state index contributed by atoms with van der Waals surface area (Å²) >= 11 is 2.18. The second kappa shape index (κ2) is 11.5. The van der Waals surface area contributed by atoms with Gasteiger partial charge in [0, 0.05) is 5.69 Å². The highest BCUT2D eigenvalue weighted by Gasteiger charge is 2.15. The number of amides is 1. The molecule has 0 aliphatic rings. The monoisotopic (exact) mass is 552 g/mol. The van der Waals surface area contributed by atoms with Gasteiger partial charge in [-0.2, -0.15) is 5.26 Å². The van der Waals surface area contributed by atoms with E-state index in [1.54, 1.807) is 12.1 Å². The van der Waals surface area contributed by atoms with E-state index in [2.05, 4.69) is 27.9 Å². The zero-order chi connectivity index (χ0) is 23.8. The van der Waals surface area contributed by atoms with Crippen LogP contribution in [0.2, 0.25) is 0 Å². The first kappa shape index (κ1) is 24.3. The topological polar surface area (TPSA) is 71.3 Å². The molecule has 0 aromatic heterocycles. The number of nitrogens with one attached hydrogen (secondary N) is 1. The summed E-state index contributed by atoms with van der Waals surface area (Å²) in [5.41, 5.74) is 4.47. The highest BCUT2D eigenvalue weighted by molar-refractivity contribution is 14.1. The van der Waals surface area contributed by atoms with Crippen LogP contribution in [-0.4, -0.2) is 12.5 Å². The van der Waals surface area contributed by atoms with Gasteiger partial charge in [0.15, 0.2) is 11.5 Å². The van der Waals surface area contributed by atoms with E-state index >= 15 is 0 Å². The van der Waals surface area contributed by atoms with Crippen LogP contribution < -0.4 is 14.8 Å². The Morgan fingerprint density at radius 1 is 1.09 bits per heavy atom. The Morgan fingerprint density at radius 2 is 1.85 bits per heavy atom. The average Bonchev–Trinajstić information content (AvgIpc) is 2.80. The van der Waals surface area contributed by atoms with E-state index in [9.17, 15) is 10.1 Å². The molecule has 0 unspecified atom stereocenters. The largest absolute Gasteiger partial charge is 0.490 e. The van der Waals surface area contributed by atoms with Gasteiger partial charge in [-0.3, -0.25) is 4.79 Å². The smallest absolute Gasteiger partial charge is 0.266 e. The summed E-state index contributed by atoms with van der Waals surface area (Å²) in [5, 5.41) is 12.5. The van der Waals surface area contributed by atoms with Crippen molar-refractivity contribution in [2.75, 3.05) is 11.9 Å². The van der Waals surface area contributed by atoms with Gasteiger partial charge in [-0.15, -0.1) is 0 Å². The number of halogens is 1. The maximum Gasteiger partial charge on any atom is 0.266 e. The van der Waals surface area contributed by atoms with Gasteiger partial charge in [0.25, 0.3) is 5.91 Å². The SMILES string of the molecule is CCOc1cc(/C=C(/C#N)C(=O)Nc2cccc(C)c2C)cc(I)c1OCc1ccccc1. The molecule has 0 radical (unpaired) electrons. The van der Waals surface area contributed by atoms with E-state index in [-0.39, 0.29) is 5.57 Å². The summed E-state index contributed by atoms with van der Waals surface area (Å²) in [5.74, 6) is 0.749. The fraction of sp³-hybridized carbons (Fsp3) is 0.185. The third-order valence-electron chi connectivity index (χ3n) is 5.09. The molecular formula is C27H25IN2O3. The number of ether oxygens (including phenoxy) is 2. The zero-order valence-electron chi connectivity index (χ0n) is 18.8. The van der Waals surface area contributed by atoms with E-state index < -0.39 is 5.91 Å². The van der Waals surface area contributed by atoms with Crippen LogP contribution in [0.15, 0.2) is 66.2 Å². The number of nitriles is 1. The lowest BCUT2D eigenvalue weighted by atomic mass is 10.1. The Labute approximate surface area is 208 Å². The van der Waals surface area contributed by atoms with Crippen molar-refractivity contribution < 1.29 is 14.3 Å². The molecule has 33 heavy (non-hydrogen) atoms. The number of anilines is 1. The van der Waals surface area contributed by atoms with Crippen molar-refractivity contribution in [3.05, 3.63) is 92.1 Å². The van der Waals surface area contributed by atoms with Crippen LogP contribution in [0.1, 0.15) is 29.2 Å². The minimum absolute atomic E-state index is 0.00658. The summed E-state index contributed by atoms with van der Waals surface area (Å²) in [4.78, 5) is 12.8. The Kier molecular flexibility index (Phi) is 8.50. The van der Waals surface area contributed by atoms with Crippen molar-refractivity contribution in [3.63, 3.8) is 0 Å². The van der Waals surface area contributed by atoms with Gasteiger partial charge in [0.05, 0.1) is 10.2 Å². The molecule has 0 aliphatic heterocycles. The standard InChI is InChI=1S/C27H25IN2O3/c1-4-32-25-15-21(14-23(28)26(25)33-17-20-10-6-5-7-11-20)13-22(16-29)27(31)30-24-12-8-9-18(2)19(24)3/h5-15H,4,17H2,1-3H3,(H,30,31)/b22-13-. The van der Waals surface area contributed by atoms with Crippen molar-refractivity contribution >= 4 is 40.3 Å². The molecule has 0 heterocycles. The van der Waals surface area contributed by atoms with Crippen molar-refractivity contribution in [1.82, 2.24) is 0 Å². The molecule has 6 heteroatoms. The van der Waals surface area contributed by atoms with Crippen LogP contribution in [0.3, 0.4) is 0 Å². The number of rotatable bonds is 8. The molecule has 1 amide bonds. The molecule has 3 rings (SSSR count). The van der Waals surface area contributed by atoms with Crippen molar-refractivity contribution in [2.24, 2.45) is 0 Å². The van der Waals surface area contributed by atoms with Crippen molar-refractivity contribution in [1.29, 1.82) is 5.26 Å². The number of carbonyl (C=O) groups is 1. The number of aryl methyl sites for hydroxylation is 1. The molecule has 0 aliphatic carbocycles. The lowest BCUT2D eigenvalue weighted by molar-refractivity contribution is -0.112. The number of hydrogen-bond donors (Lipinski definition) is 1. The molecule has 0 saturated heterocycles. The third kappa shape index (κ3) is 6.36. The molecule has 0 bridgehead atoms. The van der Waals surface area contributed by atoms with Crippen LogP contribution in [0, 0.1) is 28.7 Å². The number of nitrogens with zero attached hydrogens (tertiary/aromatic N) is 1. The zero-order valence-corrected chi connectivity index (χ0v) is 21.0. The number of carbonyl (C=O) groups excluding carboxylic acids is 1. The molecule has 3 aromatic rings. The van der Waals surface area contributed by atoms with Gasteiger partial charge in [-0.05, 0) is 89.9 Å². The Morgan fingerprint density at radius 3 is 2.55 bits per heavy atom. The first-order valence-electron chi connectivity index (χ1n) is 10.5. The molecule has 0 spiro atoms. The van der Waals surface area contributed by atoms with Crippen LogP contribution in [-0.2, 0) is 11.4 Å². The Hall–Kier alpha value is -3.31. The molecule has 3 aromatic carbocycles. The van der Waals surface area contributed by atoms with Crippen molar-refractivity contribution in [2.45, 2.75) is 27.4 Å². The molecule has 1 N–H and O–H groups in total. The molecule has 5 nitrogen and oxygen atoms in total. The molecule has 0 fully saturated rings. The summed E-state index contributed by atoms with van der Waals surface area (Å²) < 4.78 is 12.7. The van der Waals surface area contributed by atoms with Crippen LogP contribution in [0.25, 0.3) is 6.08 Å². The molecule has 0 atom stereocenters. The normalized spacial score (nSPS) is 10.9. The minimum Gasteiger partial charge on any atom is -0.490 e. The van der Waals surface area contributed by atoms with E-state index in [1.165, 1.54) is 0 Å². The average molecular weight is 552 g/mol. The number of benzene rings is 3. The molecular weight excluding hydrogens is 527 g/mol. The molecule has 168 valence electrons. The van der Waals surface area contributed by atoms with Gasteiger partial charge in [0.1, 0.15) is 18.2 Å². The minimum atomic E-state index is -0.455. The van der Waals surface area contributed by atoms with Gasteiger partial charge in [-0.25, -0.2) is 0 Å². The first-order chi connectivity index (χ1) is 15.9. The van der Waals surface area contributed by atoms with Crippen molar-refractivity contribution in [3.8, 4) is 17.6 Å². The van der Waals surface area contributed by atoms with Crippen LogP contribution in [0.5, 0.6) is 11.5 Å². The molecule has 0 saturated carbocycles. The Bertz CT molecular complexity index is 1210. The van der Waals surface area contributed by atoms with Crippen LogP contribution >= 0.6 is 22.6 Å². The van der Waals surface area contributed by atoms with E-state index in [0.29, 0.717) is 36.0 Å². The maximum absolute atomic E-state index is 12.8. The number of hydrogen-bond acceptors (Lipinski definition) is 4. The van der Waals surface area contributed by atoms with Gasteiger partial charge in [0.2, 0.25) is 0 Å². The van der Waals surface area contributed by atoms with Gasteiger partial charge < -0.3 is 14.8 Å². The lowest BCUT2D eigenvalue weighted by Crippen LogP contribution is -2.14. The van der Waals surface area contributed by atoms with Crippen LogP contribution in [0.4, 0.5) is 5.69 Å². The highest BCUT2D eigenvalue weighted by Crippen LogP contribution is 2.35. The Balaban J connectivity index is 1.86. The fourth-order valence-corrected chi connectivity index (χ4v) is 3.98. The van der Waals surface area contributed by atoms with E-state index in [0.717, 1.165) is 20.3 Å². The van der Waals surface area contributed by atoms with E-state index in [1.807, 2.05) is 81.4 Å². The highest BCUT2D eigenvalue weighted by atomic mass is 127. The second-order valence-electron chi connectivity index (χ2n) is 7.41. The summed E-state index contributed by atoms with van der Waals surface area (Å²) in [6, 6.07) is 21.2. The second-order valence-corrected chi connectivity index (χ2v) is 8.57. The fourth-order valence-electron chi connectivity index (χ4n) is 3.20. The summed E-state index contributed by atoms with van der Waals surface area (Å²) in [7, 11) is 0. The predicted molar refractivity (Wildman–Crippen MR) is 139 cm³/mol.